The summed E-state index contributed by atoms with van der Waals surface area (Å²) in [6, 6.07) is 6.45. The molecule has 0 saturated heterocycles. The molecule has 0 atom stereocenters. The van der Waals surface area contributed by atoms with Crippen LogP contribution in [0.15, 0.2) is 24.3 Å². The third kappa shape index (κ3) is 7.01. The van der Waals surface area contributed by atoms with E-state index in [0.717, 1.165) is 6.29 Å². The topological polar surface area (TPSA) is 83.8 Å². The molecule has 0 aliphatic carbocycles. The van der Waals surface area contributed by atoms with Gasteiger partial charge in [-0.15, -0.1) is 0 Å². The van der Waals surface area contributed by atoms with Crippen LogP contribution in [-0.4, -0.2) is 41.1 Å². The van der Waals surface area contributed by atoms with E-state index in [-0.39, 0.29) is 19.0 Å². The maximum absolute atomic E-state index is 11.7. The van der Waals surface area contributed by atoms with Crippen molar-refractivity contribution < 1.29 is 24.5 Å². The highest BCUT2D eigenvalue weighted by atomic mass is 16.5. The minimum atomic E-state index is -1.37. The molecule has 1 aromatic carbocycles. The lowest BCUT2D eigenvalue weighted by Crippen LogP contribution is -2.30. The number of hydrogen-bond acceptors (Lipinski definition) is 5. The second kappa shape index (κ2) is 9.23. The zero-order valence-corrected chi connectivity index (χ0v) is 12.1. The first kappa shape index (κ1) is 18.3. The average molecular weight is 282 g/mol. The maximum atomic E-state index is 11.7. The Morgan fingerprint density at radius 3 is 2.15 bits per heavy atom. The summed E-state index contributed by atoms with van der Waals surface area (Å²) < 4.78 is 5.15. The van der Waals surface area contributed by atoms with Gasteiger partial charge in [0, 0.05) is 12.0 Å². The fourth-order valence-corrected chi connectivity index (χ4v) is 1.22. The molecule has 1 rings (SSSR count). The van der Waals surface area contributed by atoms with Crippen molar-refractivity contribution in [2.45, 2.75) is 32.8 Å². The van der Waals surface area contributed by atoms with Gasteiger partial charge in [-0.25, -0.2) is 0 Å². The summed E-state index contributed by atoms with van der Waals surface area (Å²) in [4.78, 5) is 20.8. The van der Waals surface area contributed by atoms with Crippen molar-refractivity contribution in [1.82, 2.24) is 0 Å². The van der Waals surface area contributed by atoms with Gasteiger partial charge in [0.25, 0.3) is 0 Å². The molecule has 0 aliphatic heterocycles. The zero-order chi connectivity index (χ0) is 15.6. The molecule has 0 amide bonds. The Bertz CT molecular complexity index is 403. The van der Waals surface area contributed by atoms with Crippen LogP contribution >= 0.6 is 0 Å². The predicted molar refractivity (Wildman–Crippen MR) is 76.0 cm³/mol. The largest absolute Gasteiger partial charge is 0.491 e. The highest BCUT2D eigenvalue weighted by Gasteiger charge is 2.24. The number of aliphatic hydroxyl groups excluding tert-OH is 1. The highest BCUT2D eigenvalue weighted by molar-refractivity contribution is 6.01. The number of Topliss-reactive ketones (excluding diaryl/α,β-unsaturated/α-hetero) is 1. The Labute approximate surface area is 119 Å². The molecule has 0 aromatic heterocycles. The molecule has 112 valence electrons. The summed E-state index contributed by atoms with van der Waals surface area (Å²) in [6.45, 7) is 4.88. The summed E-state index contributed by atoms with van der Waals surface area (Å²) in [6.07, 6.45) is 1.51. The van der Waals surface area contributed by atoms with E-state index in [4.69, 9.17) is 9.84 Å². The van der Waals surface area contributed by atoms with E-state index in [9.17, 15) is 14.7 Å². The van der Waals surface area contributed by atoms with Gasteiger partial charge in [-0.2, -0.15) is 0 Å². The van der Waals surface area contributed by atoms with Crippen molar-refractivity contribution in [3.63, 3.8) is 0 Å². The molecule has 0 heterocycles. The molecule has 20 heavy (non-hydrogen) atoms. The van der Waals surface area contributed by atoms with E-state index in [0.29, 0.717) is 17.7 Å². The molecule has 0 aliphatic rings. The standard InChI is InChI=1S/C12H16O4.C3H6O/c1-12(2,15)11(14)9-3-5-10(6-4-9)16-8-7-13;1-2-3-4/h3-6,13,15H,7-8H2,1-2H3;3H,2H2,1H3. The van der Waals surface area contributed by atoms with E-state index in [1.807, 2.05) is 6.92 Å². The van der Waals surface area contributed by atoms with Crippen molar-refractivity contribution in [3.8, 4) is 5.75 Å². The van der Waals surface area contributed by atoms with Crippen molar-refractivity contribution in [2.24, 2.45) is 0 Å². The quantitative estimate of drug-likeness (QED) is 0.611. The molecule has 5 nitrogen and oxygen atoms in total. The van der Waals surface area contributed by atoms with E-state index in [1.165, 1.54) is 13.8 Å². The Kier molecular flexibility index (Phi) is 8.43. The monoisotopic (exact) mass is 282 g/mol. The lowest BCUT2D eigenvalue weighted by Gasteiger charge is -2.15. The molecule has 0 bridgehead atoms. The molecular weight excluding hydrogens is 260 g/mol. The number of aldehydes is 1. The molecule has 0 radical (unpaired) electrons. The van der Waals surface area contributed by atoms with Gasteiger partial charge in [-0.05, 0) is 38.1 Å². The minimum Gasteiger partial charge on any atom is -0.491 e. The summed E-state index contributed by atoms with van der Waals surface area (Å²) in [7, 11) is 0. The Morgan fingerprint density at radius 2 is 1.80 bits per heavy atom. The van der Waals surface area contributed by atoms with Crippen LogP contribution in [0, 0.1) is 0 Å². The highest BCUT2D eigenvalue weighted by Crippen LogP contribution is 2.16. The molecule has 0 saturated carbocycles. The van der Waals surface area contributed by atoms with Gasteiger partial charge < -0.3 is 19.7 Å². The van der Waals surface area contributed by atoms with Crippen LogP contribution in [-0.2, 0) is 4.79 Å². The summed E-state index contributed by atoms with van der Waals surface area (Å²) >= 11 is 0. The predicted octanol–water partition coefficient (Wildman–Crippen LogP) is 1.61. The van der Waals surface area contributed by atoms with Gasteiger partial charge in [0.1, 0.15) is 24.2 Å². The molecule has 0 unspecified atom stereocenters. The third-order valence-electron chi connectivity index (χ3n) is 2.20. The van der Waals surface area contributed by atoms with Crippen molar-refractivity contribution in [2.75, 3.05) is 13.2 Å². The number of ether oxygens (including phenoxy) is 1. The van der Waals surface area contributed by atoms with Gasteiger partial charge in [0.15, 0.2) is 5.78 Å². The number of aliphatic hydroxyl groups is 2. The Hall–Kier alpha value is -1.72. The smallest absolute Gasteiger partial charge is 0.193 e. The van der Waals surface area contributed by atoms with Gasteiger partial charge in [-0.3, -0.25) is 4.79 Å². The fourth-order valence-electron chi connectivity index (χ4n) is 1.22. The molecule has 0 spiro atoms. The van der Waals surface area contributed by atoms with Crippen LogP contribution in [0.3, 0.4) is 0 Å². The minimum absolute atomic E-state index is 0.0512. The van der Waals surface area contributed by atoms with Gasteiger partial charge >= 0.3 is 0 Å². The lowest BCUT2D eigenvalue weighted by atomic mass is 9.97. The van der Waals surface area contributed by atoms with E-state index < -0.39 is 5.60 Å². The molecule has 0 fully saturated rings. The number of carbonyl (C=O) groups is 2. The van der Waals surface area contributed by atoms with E-state index in [1.54, 1.807) is 24.3 Å². The van der Waals surface area contributed by atoms with Gasteiger partial charge in [0.05, 0.1) is 6.61 Å². The Balaban J connectivity index is 0.000000796. The normalized spacial score (nSPS) is 10.2. The van der Waals surface area contributed by atoms with Gasteiger partial charge in [-0.1, -0.05) is 6.92 Å². The fraction of sp³-hybridized carbons (Fsp3) is 0.467. The number of benzene rings is 1. The van der Waals surface area contributed by atoms with Crippen LogP contribution in [0.2, 0.25) is 0 Å². The molecular formula is C15H22O5. The third-order valence-corrected chi connectivity index (χ3v) is 2.20. The number of ketones is 1. The maximum Gasteiger partial charge on any atom is 0.193 e. The summed E-state index contributed by atoms with van der Waals surface area (Å²) in [5.41, 5.74) is -0.933. The summed E-state index contributed by atoms with van der Waals surface area (Å²) in [5, 5.41) is 18.1. The van der Waals surface area contributed by atoms with Crippen LogP contribution < -0.4 is 4.74 Å². The first-order valence-electron chi connectivity index (χ1n) is 6.41. The zero-order valence-electron chi connectivity index (χ0n) is 12.1. The van der Waals surface area contributed by atoms with Crippen LogP contribution in [0.4, 0.5) is 0 Å². The SMILES string of the molecule is CC(C)(O)C(=O)c1ccc(OCCO)cc1.CCC=O. The molecule has 5 heteroatoms. The van der Waals surface area contributed by atoms with Crippen molar-refractivity contribution >= 4 is 12.1 Å². The summed E-state index contributed by atoms with van der Waals surface area (Å²) in [5.74, 6) is 0.252. The van der Waals surface area contributed by atoms with Gasteiger partial charge in [0.2, 0.25) is 0 Å². The van der Waals surface area contributed by atoms with Crippen LogP contribution in [0.1, 0.15) is 37.6 Å². The number of carbonyl (C=O) groups excluding carboxylic acids is 2. The lowest BCUT2D eigenvalue weighted by molar-refractivity contribution is -0.107. The molecule has 1 aromatic rings. The van der Waals surface area contributed by atoms with Crippen LogP contribution in [0.5, 0.6) is 5.75 Å². The molecule has 2 N–H and O–H groups in total. The first-order valence-corrected chi connectivity index (χ1v) is 6.41. The van der Waals surface area contributed by atoms with E-state index >= 15 is 0 Å². The van der Waals surface area contributed by atoms with Crippen molar-refractivity contribution in [1.29, 1.82) is 0 Å². The first-order chi connectivity index (χ1) is 9.36. The number of hydrogen-bond donors (Lipinski definition) is 2. The number of rotatable bonds is 6. The average Bonchev–Trinajstić information content (AvgIpc) is 2.44. The van der Waals surface area contributed by atoms with Crippen molar-refractivity contribution in [3.05, 3.63) is 29.8 Å². The Morgan fingerprint density at radius 1 is 1.30 bits per heavy atom. The second-order valence-corrected chi connectivity index (χ2v) is 4.56. The van der Waals surface area contributed by atoms with E-state index in [2.05, 4.69) is 0 Å². The van der Waals surface area contributed by atoms with Crippen LogP contribution in [0.25, 0.3) is 0 Å². The second-order valence-electron chi connectivity index (χ2n) is 4.56.